The zero-order valence-corrected chi connectivity index (χ0v) is 30.4. The van der Waals surface area contributed by atoms with Crippen molar-refractivity contribution in [2.75, 3.05) is 0 Å². The molecule has 0 fully saturated rings. The van der Waals surface area contributed by atoms with Gasteiger partial charge in [-0.2, -0.15) is 35.5 Å². The van der Waals surface area contributed by atoms with Gasteiger partial charge in [-0.1, -0.05) is 62.1 Å². The van der Waals surface area contributed by atoms with Gasteiger partial charge in [0.05, 0.1) is 0 Å². The molecule has 0 saturated carbocycles. The molecule has 6 rings (SSSR count). The van der Waals surface area contributed by atoms with Gasteiger partial charge in [0.15, 0.2) is 0 Å². The molecule has 0 atom stereocenters. The molecule has 212 valence electrons. The van der Waals surface area contributed by atoms with E-state index < -0.39 is 9.98 Å². The Labute approximate surface area is 281 Å². The average Bonchev–Trinajstić information content (AvgIpc) is 3.78. The standard InChI is InChI=1S/2C13H13.C12H10Ge.2ClH.Zr/c2*1-2-11-6-5-9-13(10-11)12-7-3-4-8-12;1-3-7-11(8-4-1)13-12-9-5-2-6-10-12;;;/h2*3,5-7,9-10H,2,4H2,1H3;1-10H;2*1H;/q2*-1;;;;+2/p-2. The van der Waals surface area contributed by atoms with E-state index in [1.807, 2.05) is 0 Å². The molecule has 0 amide bonds. The van der Waals surface area contributed by atoms with E-state index in [9.17, 15) is 0 Å². The van der Waals surface area contributed by atoms with Gasteiger partial charge < -0.3 is 24.8 Å². The Morgan fingerprint density at radius 2 is 0.976 bits per heavy atom. The Kier molecular flexibility index (Phi) is 17.1. The van der Waals surface area contributed by atoms with E-state index in [0.717, 1.165) is 25.7 Å². The number of aryl methyl sites for hydroxylation is 2. The van der Waals surface area contributed by atoms with Crippen molar-refractivity contribution in [3.8, 4) is 0 Å². The van der Waals surface area contributed by atoms with Gasteiger partial charge in [-0.25, -0.2) is 0 Å². The molecule has 0 nitrogen and oxygen atoms in total. The SMILES string of the molecule is CCc1cccc(C2=[C-]CC=C2)c1.CCc1cccc(C2=[C-]CC=C2)c1.[Cl-].[Cl-].[Zr+2]=[Ge]([c]1ccccc1)[c]1ccccc1. The first-order valence-electron chi connectivity index (χ1n) is 14.1. The van der Waals surface area contributed by atoms with E-state index in [-0.39, 0.29) is 24.8 Å². The number of halogens is 2. The molecule has 0 saturated heterocycles. The van der Waals surface area contributed by atoms with Crippen LogP contribution in [0, 0.1) is 12.2 Å². The van der Waals surface area contributed by atoms with E-state index in [0.29, 0.717) is 0 Å². The molecule has 4 aromatic carbocycles. The zero-order valence-electron chi connectivity index (χ0n) is 24.3. The van der Waals surface area contributed by atoms with Crippen molar-refractivity contribution < 1.29 is 46.4 Å². The fourth-order valence-electron chi connectivity index (χ4n) is 4.50. The summed E-state index contributed by atoms with van der Waals surface area (Å²) in [7, 11) is -1.11. The topological polar surface area (TPSA) is 0 Å². The van der Waals surface area contributed by atoms with Gasteiger partial charge in [0.25, 0.3) is 0 Å². The van der Waals surface area contributed by atoms with E-state index in [1.165, 1.54) is 33.4 Å². The van der Waals surface area contributed by atoms with Crippen molar-refractivity contribution in [2.45, 2.75) is 39.5 Å². The van der Waals surface area contributed by atoms with Gasteiger partial charge in [-0.15, -0.1) is 47.5 Å². The molecule has 0 N–H and O–H groups in total. The average molecular weight is 727 g/mol. The first-order chi connectivity index (χ1) is 19.7. The zero-order chi connectivity index (χ0) is 28.0. The normalized spacial score (nSPS) is 12.4. The van der Waals surface area contributed by atoms with Crippen molar-refractivity contribution in [3.05, 3.63) is 168 Å². The molecule has 0 aromatic heterocycles. The Bertz CT molecular complexity index is 1400. The van der Waals surface area contributed by atoms with Crippen LogP contribution in [0.1, 0.15) is 48.9 Å². The fraction of sp³-hybridized carbons (Fsp3) is 0.158. The minimum atomic E-state index is -1.11. The predicted octanol–water partition coefficient (Wildman–Crippen LogP) is 2.14. The molecule has 4 aromatic rings. The van der Waals surface area contributed by atoms with Gasteiger partial charge in [0.1, 0.15) is 0 Å². The third-order valence-electron chi connectivity index (χ3n) is 6.81. The van der Waals surface area contributed by atoms with Crippen LogP contribution >= 0.6 is 0 Å². The summed E-state index contributed by atoms with van der Waals surface area (Å²) in [6.45, 7) is 4.36. The van der Waals surface area contributed by atoms with Gasteiger partial charge in [0.2, 0.25) is 0 Å². The maximum atomic E-state index is 3.33. The van der Waals surface area contributed by atoms with Crippen LogP contribution in [0.15, 0.2) is 133 Å². The van der Waals surface area contributed by atoms with Gasteiger partial charge in [-0.3, -0.25) is 0 Å². The Balaban J connectivity index is 0.000000215. The van der Waals surface area contributed by atoms with Crippen LogP contribution in [0.4, 0.5) is 0 Å². The third-order valence-corrected chi connectivity index (χ3v) is 18.0. The van der Waals surface area contributed by atoms with Gasteiger partial charge in [-0.05, 0) is 12.8 Å². The van der Waals surface area contributed by atoms with Gasteiger partial charge >= 0.3 is 101 Å². The molecule has 0 spiro atoms. The molecule has 0 radical (unpaired) electrons. The Morgan fingerprint density at radius 3 is 1.31 bits per heavy atom. The van der Waals surface area contributed by atoms with Crippen molar-refractivity contribution in [3.63, 3.8) is 0 Å². The third kappa shape index (κ3) is 11.2. The van der Waals surface area contributed by atoms with E-state index >= 15 is 0 Å². The van der Waals surface area contributed by atoms with E-state index in [4.69, 9.17) is 0 Å². The van der Waals surface area contributed by atoms with Crippen LogP contribution in [0.5, 0.6) is 0 Å². The summed E-state index contributed by atoms with van der Waals surface area (Å²) < 4.78 is 3.16. The molecule has 4 heteroatoms. The van der Waals surface area contributed by atoms with Gasteiger partial charge in [0, 0.05) is 0 Å². The first-order valence-corrected chi connectivity index (χ1v) is 23.6. The summed E-state index contributed by atoms with van der Waals surface area (Å²) in [6, 6.07) is 39.3. The molecule has 0 aliphatic heterocycles. The molecule has 0 bridgehead atoms. The molecule has 0 heterocycles. The van der Waals surface area contributed by atoms with E-state index in [2.05, 4.69) is 159 Å². The summed E-state index contributed by atoms with van der Waals surface area (Å²) in [5, 5.41) is 0. The summed E-state index contributed by atoms with van der Waals surface area (Å²) in [5.41, 5.74) is 7.88. The number of hydrogen-bond donors (Lipinski definition) is 0. The van der Waals surface area contributed by atoms with Crippen LogP contribution in [-0.2, 0) is 34.4 Å². The molecular formula is C38H36Cl2GeZr-2. The van der Waals surface area contributed by atoms with E-state index in [1.54, 1.807) is 30.4 Å². The van der Waals surface area contributed by atoms with Crippen LogP contribution in [0.2, 0.25) is 0 Å². The molecule has 42 heavy (non-hydrogen) atoms. The molecular weight excluding hydrogens is 691 g/mol. The first kappa shape index (κ1) is 36.0. The summed E-state index contributed by atoms with van der Waals surface area (Å²) >= 11 is 1.71. The number of benzene rings is 4. The van der Waals surface area contributed by atoms with Crippen LogP contribution < -0.4 is 33.6 Å². The van der Waals surface area contributed by atoms with Crippen LogP contribution in [-0.4, -0.2) is 9.98 Å². The van der Waals surface area contributed by atoms with Crippen LogP contribution in [0.3, 0.4) is 0 Å². The summed E-state index contributed by atoms with van der Waals surface area (Å²) in [4.78, 5) is 0. The second kappa shape index (κ2) is 19.9. The second-order valence-corrected chi connectivity index (χ2v) is 20.0. The fourth-order valence-corrected chi connectivity index (χ4v) is 11.7. The summed E-state index contributed by atoms with van der Waals surface area (Å²) in [5.74, 6) is 0. The Hall–Kier alpha value is -2.15. The summed E-state index contributed by atoms with van der Waals surface area (Å²) in [6.07, 6.45) is 19.4. The number of hydrogen-bond acceptors (Lipinski definition) is 0. The second-order valence-electron chi connectivity index (χ2n) is 9.61. The Morgan fingerprint density at radius 1 is 0.571 bits per heavy atom. The number of allylic oxidation sites excluding steroid dienone is 8. The molecule has 2 aliphatic carbocycles. The quantitative estimate of drug-likeness (QED) is 0.211. The predicted molar refractivity (Wildman–Crippen MR) is 170 cm³/mol. The monoisotopic (exact) mass is 726 g/mol. The van der Waals surface area contributed by atoms with Crippen LogP contribution in [0.25, 0.3) is 11.1 Å². The van der Waals surface area contributed by atoms with Crippen molar-refractivity contribution in [1.82, 2.24) is 0 Å². The molecule has 0 unspecified atom stereocenters. The minimum absolute atomic E-state index is 0. The maximum absolute atomic E-state index is 3.33. The van der Waals surface area contributed by atoms with Crippen molar-refractivity contribution >= 4 is 29.9 Å². The molecule has 2 aliphatic rings. The van der Waals surface area contributed by atoms with Crippen molar-refractivity contribution in [1.29, 1.82) is 0 Å². The van der Waals surface area contributed by atoms with Crippen molar-refractivity contribution in [2.24, 2.45) is 0 Å². The number of rotatable bonds is 6.